The van der Waals surface area contributed by atoms with Gasteiger partial charge < -0.3 is 11.1 Å². The normalized spacial score (nSPS) is 14.3. The van der Waals surface area contributed by atoms with Crippen LogP contribution in [0.15, 0.2) is 46.6 Å². The molecule has 2 nitrogen and oxygen atoms in total. The summed E-state index contributed by atoms with van der Waals surface area (Å²) in [5, 5.41) is 7.71. The second kappa shape index (κ2) is 7.65. The van der Waals surface area contributed by atoms with E-state index in [0.29, 0.717) is 10.1 Å². The number of halogens is 2. The molecule has 0 aliphatic heterocycles. The molecule has 70 valence electrons. The molecule has 0 aliphatic rings. The highest BCUT2D eigenvalue weighted by Crippen LogP contribution is 2.05. The first-order valence-electron chi connectivity index (χ1n) is 3.49. The Labute approximate surface area is 87.5 Å². The van der Waals surface area contributed by atoms with Crippen molar-refractivity contribution in [2.75, 3.05) is 0 Å². The molecule has 0 saturated carbocycles. The summed E-state index contributed by atoms with van der Waals surface area (Å²) in [6.45, 7) is 0. The lowest BCUT2D eigenvalue weighted by atomic mass is 10.4. The summed E-state index contributed by atoms with van der Waals surface area (Å²) < 4.78 is 0. The average molecular weight is 217 g/mol. The van der Waals surface area contributed by atoms with Gasteiger partial charge in [0.25, 0.3) is 0 Å². The van der Waals surface area contributed by atoms with Gasteiger partial charge in [0.15, 0.2) is 0 Å². The Morgan fingerprint density at radius 1 is 1.08 bits per heavy atom. The molecule has 0 atom stereocenters. The molecular formula is C9H10Cl2N2. The third-order valence-corrected chi connectivity index (χ3v) is 1.51. The molecule has 0 rings (SSSR count). The lowest BCUT2D eigenvalue weighted by molar-refractivity contribution is 1.58. The Kier molecular flexibility index (Phi) is 7.07. The molecule has 0 amide bonds. The molecule has 0 unspecified atom stereocenters. The van der Waals surface area contributed by atoms with Gasteiger partial charge in [-0.3, -0.25) is 0 Å². The highest BCUT2D eigenvalue weighted by Gasteiger charge is 1.81. The molecule has 3 N–H and O–H groups in total. The molecule has 0 bridgehead atoms. The van der Waals surface area contributed by atoms with E-state index in [4.69, 9.17) is 34.3 Å². The number of nitrogens with one attached hydrogen (secondary N) is 1. The van der Waals surface area contributed by atoms with Gasteiger partial charge in [0, 0.05) is 16.3 Å². The van der Waals surface area contributed by atoms with Crippen LogP contribution in [0.4, 0.5) is 0 Å². The molecular weight excluding hydrogens is 207 g/mol. The smallest absolute Gasteiger partial charge is 0.0421 e. The summed E-state index contributed by atoms with van der Waals surface area (Å²) in [7, 11) is 0. The number of allylic oxidation sites excluding steroid dienone is 7. The largest absolute Gasteiger partial charge is 0.405 e. The van der Waals surface area contributed by atoms with E-state index in [9.17, 15) is 0 Å². The van der Waals surface area contributed by atoms with E-state index in [2.05, 4.69) is 0 Å². The van der Waals surface area contributed by atoms with Gasteiger partial charge in [-0.2, -0.15) is 0 Å². The highest BCUT2D eigenvalue weighted by molar-refractivity contribution is 6.32. The van der Waals surface area contributed by atoms with Gasteiger partial charge in [-0.15, -0.1) is 0 Å². The van der Waals surface area contributed by atoms with Gasteiger partial charge in [-0.05, 0) is 30.5 Å². The first-order chi connectivity index (χ1) is 6.20. The zero-order valence-corrected chi connectivity index (χ0v) is 8.39. The van der Waals surface area contributed by atoms with E-state index in [-0.39, 0.29) is 0 Å². The van der Waals surface area contributed by atoms with Crippen LogP contribution in [0.25, 0.3) is 0 Å². The van der Waals surface area contributed by atoms with E-state index in [1.54, 1.807) is 24.3 Å². The van der Waals surface area contributed by atoms with Crippen LogP contribution in [-0.4, -0.2) is 6.21 Å². The maximum absolute atomic E-state index is 6.73. The first-order valence-corrected chi connectivity index (χ1v) is 4.24. The third kappa shape index (κ3) is 7.37. The fourth-order valence-electron chi connectivity index (χ4n) is 0.515. The maximum atomic E-state index is 6.73. The maximum Gasteiger partial charge on any atom is 0.0421 e. The zero-order chi connectivity index (χ0) is 10.1. The predicted octanol–water partition coefficient (Wildman–Crippen LogP) is 2.91. The molecule has 0 aliphatic carbocycles. The van der Waals surface area contributed by atoms with Crippen LogP contribution in [0.3, 0.4) is 0 Å². The van der Waals surface area contributed by atoms with E-state index in [0.717, 1.165) is 6.21 Å². The minimum absolute atomic E-state index is 0.465. The van der Waals surface area contributed by atoms with Crippen molar-refractivity contribution in [3.8, 4) is 0 Å². The molecule has 4 heteroatoms. The fraction of sp³-hybridized carbons (Fsp3) is 0. The van der Waals surface area contributed by atoms with Gasteiger partial charge in [0.2, 0.25) is 0 Å². The van der Waals surface area contributed by atoms with E-state index in [1.165, 1.54) is 12.3 Å². The Bertz CT molecular complexity index is 275. The zero-order valence-electron chi connectivity index (χ0n) is 6.87. The lowest BCUT2D eigenvalue weighted by Gasteiger charge is -1.84. The van der Waals surface area contributed by atoms with Crippen LogP contribution < -0.4 is 5.73 Å². The lowest BCUT2D eigenvalue weighted by Crippen LogP contribution is -1.74. The molecule has 0 saturated heterocycles. The average Bonchev–Trinajstić information content (AvgIpc) is 2.05. The molecule has 0 radical (unpaired) electrons. The van der Waals surface area contributed by atoms with E-state index in [1.807, 2.05) is 0 Å². The third-order valence-electron chi connectivity index (χ3n) is 1.01. The summed E-state index contributed by atoms with van der Waals surface area (Å²) in [6.07, 6.45) is 10.4. The van der Waals surface area contributed by atoms with Crippen LogP contribution >= 0.6 is 23.2 Å². The molecule has 0 aromatic heterocycles. The number of hydrogen-bond acceptors (Lipinski definition) is 2. The van der Waals surface area contributed by atoms with E-state index < -0.39 is 0 Å². The minimum atomic E-state index is 0.465. The second-order valence-electron chi connectivity index (χ2n) is 1.99. The molecule has 0 heterocycles. The Balaban J connectivity index is 4.21. The molecule has 13 heavy (non-hydrogen) atoms. The summed E-state index contributed by atoms with van der Waals surface area (Å²) in [5.41, 5.74) is 5.11. The van der Waals surface area contributed by atoms with Crippen molar-refractivity contribution in [1.82, 2.24) is 0 Å². The fourth-order valence-corrected chi connectivity index (χ4v) is 0.796. The van der Waals surface area contributed by atoms with E-state index >= 15 is 0 Å². The summed E-state index contributed by atoms with van der Waals surface area (Å²) in [6, 6.07) is 0. The van der Waals surface area contributed by atoms with Gasteiger partial charge in [-0.25, -0.2) is 0 Å². The van der Waals surface area contributed by atoms with Gasteiger partial charge in [-0.1, -0.05) is 29.3 Å². The van der Waals surface area contributed by atoms with Crippen molar-refractivity contribution in [1.29, 1.82) is 5.41 Å². The SMILES string of the molecule is N=C/C=C(Cl)/C=C/C=C(Cl)/C=C/N. The summed E-state index contributed by atoms with van der Waals surface area (Å²) >= 11 is 11.3. The predicted molar refractivity (Wildman–Crippen MR) is 59.1 cm³/mol. The van der Waals surface area contributed by atoms with Gasteiger partial charge in [0.1, 0.15) is 0 Å². The van der Waals surface area contributed by atoms with Crippen molar-refractivity contribution in [3.63, 3.8) is 0 Å². The van der Waals surface area contributed by atoms with Crippen molar-refractivity contribution in [3.05, 3.63) is 46.6 Å². The van der Waals surface area contributed by atoms with Crippen LogP contribution in [0.1, 0.15) is 0 Å². The quantitative estimate of drug-likeness (QED) is 0.552. The Morgan fingerprint density at radius 2 is 1.69 bits per heavy atom. The second-order valence-corrected chi connectivity index (χ2v) is 2.86. The number of nitrogens with two attached hydrogens (primary N) is 1. The molecule has 0 fully saturated rings. The first kappa shape index (κ1) is 12.0. The van der Waals surface area contributed by atoms with Crippen LogP contribution in [0.2, 0.25) is 0 Å². The minimum Gasteiger partial charge on any atom is -0.405 e. The number of rotatable bonds is 4. The van der Waals surface area contributed by atoms with Crippen molar-refractivity contribution in [2.45, 2.75) is 0 Å². The summed E-state index contributed by atoms with van der Waals surface area (Å²) in [5.74, 6) is 0. The highest BCUT2D eigenvalue weighted by atomic mass is 35.5. The standard InChI is InChI=1S/C9H10Cl2N2/c10-8(4-6-12)2-1-3-9(11)5-7-13/h1-7,12H,13H2/b2-1+,7-5+,8-4-,9-3-,12-6?. The molecule has 0 aromatic rings. The van der Waals surface area contributed by atoms with Crippen LogP contribution in [0.5, 0.6) is 0 Å². The van der Waals surface area contributed by atoms with Crippen LogP contribution in [-0.2, 0) is 0 Å². The van der Waals surface area contributed by atoms with Gasteiger partial charge >= 0.3 is 0 Å². The summed E-state index contributed by atoms with van der Waals surface area (Å²) in [4.78, 5) is 0. The van der Waals surface area contributed by atoms with Gasteiger partial charge in [0.05, 0.1) is 0 Å². The monoisotopic (exact) mass is 216 g/mol. The number of hydrogen-bond donors (Lipinski definition) is 2. The molecule has 0 spiro atoms. The topological polar surface area (TPSA) is 49.9 Å². The van der Waals surface area contributed by atoms with Crippen molar-refractivity contribution < 1.29 is 0 Å². The van der Waals surface area contributed by atoms with Crippen LogP contribution in [0, 0.1) is 5.41 Å². The Hall–Kier alpha value is -0.990. The van der Waals surface area contributed by atoms with Crippen molar-refractivity contribution in [2.24, 2.45) is 5.73 Å². The van der Waals surface area contributed by atoms with Crippen molar-refractivity contribution >= 4 is 29.4 Å². The molecule has 0 aromatic carbocycles. The Morgan fingerprint density at radius 3 is 2.23 bits per heavy atom.